The fourth-order valence-electron chi connectivity index (χ4n) is 6.79. The van der Waals surface area contributed by atoms with E-state index in [0.717, 1.165) is 77.0 Å². The number of nitrogens with zero attached hydrogens (tertiary/aromatic N) is 1. The van der Waals surface area contributed by atoms with Crippen molar-refractivity contribution in [2.45, 2.75) is 180 Å². The van der Waals surface area contributed by atoms with Gasteiger partial charge in [0.25, 0.3) is 0 Å². The van der Waals surface area contributed by atoms with E-state index < -0.39 is 44.7 Å². The van der Waals surface area contributed by atoms with E-state index in [1.807, 2.05) is 27.2 Å². The topological polar surface area (TPSA) is 166 Å². The summed E-state index contributed by atoms with van der Waals surface area (Å²) in [6, 6.07) is 0. The van der Waals surface area contributed by atoms with Crippen LogP contribution in [-0.4, -0.2) is 103 Å². The van der Waals surface area contributed by atoms with Crippen molar-refractivity contribution in [2.75, 3.05) is 47.5 Å². The zero-order chi connectivity index (χ0) is 42.4. The van der Waals surface area contributed by atoms with Gasteiger partial charge in [0.2, 0.25) is 0 Å². The molecule has 57 heavy (non-hydrogen) atoms. The highest BCUT2D eigenvalue weighted by molar-refractivity contribution is 7.47. The Morgan fingerprint density at radius 2 is 1.39 bits per heavy atom. The summed E-state index contributed by atoms with van der Waals surface area (Å²) in [5.41, 5.74) is 0. The van der Waals surface area contributed by atoms with Gasteiger partial charge in [0.05, 0.1) is 40.0 Å². The fourth-order valence-corrected chi connectivity index (χ4v) is 7.53. The normalized spacial score (nSPS) is 19.6. The van der Waals surface area contributed by atoms with E-state index in [0.29, 0.717) is 36.7 Å². The molecule has 13 heteroatoms. The standard InChI is InChI=1S/C44H80NO11P/c1-6-8-10-11-12-13-14-15-16-17-18-19-25-29-44(50)56-38(36-55-57(51,52)54-33-32-45(3,4)5)35-53-43(49)28-24-21-20-23-27-39-40(42(48)34-41(39)47)31-30-37(46)26-22-9-7-2/h13-14,30-31,37-40,42,46,48H,6-12,15-29,32-36H2,1-5H3/p+1/b14-13-,31-30+/t37-,38+,39+,40+,42+/m0/s1. The van der Waals surface area contributed by atoms with E-state index in [-0.39, 0.29) is 50.1 Å². The predicted molar refractivity (Wildman–Crippen MR) is 225 cm³/mol. The number of ketones is 1. The number of allylic oxidation sites excluding steroid dienone is 2. The van der Waals surface area contributed by atoms with Crippen molar-refractivity contribution < 1.29 is 57.1 Å². The molecule has 1 unspecified atom stereocenters. The number of carbonyl (C=O) groups excluding carboxylic acids is 3. The Kier molecular flexibility index (Phi) is 29.7. The third-order valence-electron chi connectivity index (χ3n) is 10.3. The highest BCUT2D eigenvalue weighted by atomic mass is 31.2. The summed E-state index contributed by atoms with van der Waals surface area (Å²) in [4.78, 5) is 48.1. The second kappa shape index (κ2) is 31.9. The summed E-state index contributed by atoms with van der Waals surface area (Å²) in [6.45, 7) is 4.02. The van der Waals surface area contributed by atoms with Gasteiger partial charge in [-0.2, -0.15) is 0 Å². The van der Waals surface area contributed by atoms with Gasteiger partial charge >= 0.3 is 19.8 Å². The number of aliphatic hydroxyl groups excluding tert-OH is 2. The molecule has 6 atom stereocenters. The van der Waals surface area contributed by atoms with Gasteiger partial charge in [-0.05, 0) is 51.4 Å². The molecule has 0 heterocycles. The number of likely N-dealkylation sites (N-methyl/N-ethyl adjacent to an activating group) is 1. The van der Waals surface area contributed by atoms with Gasteiger partial charge in [-0.25, -0.2) is 4.57 Å². The van der Waals surface area contributed by atoms with E-state index in [1.54, 1.807) is 6.08 Å². The van der Waals surface area contributed by atoms with E-state index in [9.17, 15) is 34.1 Å². The summed E-state index contributed by atoms with van der Waals surface area (Å²) in [7, 11) is 1.34. The molecule has 1 rings (SSSR count). The Labute approximate surface area is 345 Å². The van der Waals surface area contributed by atoms with Crippen molar-refractivity contribution >= 4 is 25.5 Å². The number of aliphatic hydroxyl groups is 2. The van der Waals surface area contributed by atoms with Crippen molar-refractivity contribution in [3.63, 3.8) is 0 Å². The SMILES string of the molecule is CCCCCC/C=C\CCCCCCCC(=O)O[C@H](COC(=O)CCCCCC[C@H]1C(=O)C[C@@H](O)[C@@H]1/C=C/[C@@H](O)CCCCC)COP(=O)(O)OCC[N+](C)(C)C. The van der Waals surface area contributed by atoms with Crippen LogP contribution in [0.3, 0.4) is 0 Å². The highest BCUT2D eigenvalue weighted by Crippen LogP contribution is 2.43. The van der Waals surface area contributed by atoms with Crippen LogP contribution >= 0.6 is 7.82 Å². The van der Waals surface area contributed by atoms with Gasteiger partial charge in [0, 0.05) is 31.1 Å². The summed E-state index contributed by atoms with van der Waals surface area (Å²) in [5, 5.41) is 20.7. The van der Waals surface area contributed by atoms with Crippen LogP contribution in [-0.2, 0) is 37.5 Å². The molecule has 0 aromatic rings. The molecular weight excluding hydrogens is 749 g/mol. The number of unbranched alkanes of at least 4 members (excludes halogenated alkanes) is 14. The molecule has 0 aromatic heterocycles. The number of hydrogen-bond acceptors (Lipinski definition) is 10. The average molecular weight is 831 g/mol. The summed E-state index contributed by atoms with van der Waals surface area (Å²) in [6.07, 6.45) is 25.5. The minimum atomic E-state index is -4.43. The second-order valence-corrected chi connectivity index (χ2v) is 18.3. The lowest BCUT2D eigenvalue weighted by atomic mass is 9.88. The van der Waals surface area contributed by atoms with Crippen LogP contribution in [0.2, 0.25) is 0 Å². The van der Waals surface area contributed by atoms with Gasteiger partial charge in [0.15, 0.2) is 6.10 Å². The molecule has 332 valence electrons. The van der Waals surface area contributed by atoms with Crippen LogP contribution in [0.5, 0.6) is 0 Å². The number of esters is 2. The number of rotatable bonds is 36. The molecule has 0 bridgehead atoms. The minimum absolute atomic E-state index is 0.00801. The number of phosphoric ester groups is 1. The van der Waals surface area contributed by atoms with Crippen molar-refractivity contribution in [2.24, 2.45) is 11.8 Å². The Balaban J connectivity index is 2.48. The Morgan fingerprint density at radius 3 is 2.04 bits per heavy atom. The zero-order valence-corrected chi connectivity index (χ0v) is 37.2. The van der Waals surface area contributed by atoms with E-state index in [1.165, 1.54) is 25.7 Å². The van der Waals surface area contributed by atoms with E-state index >= 15 is 0 Å². The van der Waals surface area contributed by atoms with E-state index in [4.69, 9.17) is 18.5 Å². The molecule has 1 fully saturated rings. The van der Waals surface area contributed by atoms with Crippen molar-refractivity contribution in [3.05, 3.63) is 24.3 Å². The molecule has 0 amide bonds. The number of Topliss-reactive ketones (excluding diaryl/α,β-unsaturated/α-hetero) is 1. The predicted octanol–water partition coefficient (Wildman–Crippen LogP) is 8.94. The largest absolute Gasteiger partial charge is 0.472 e. The molecule has 1 saturated carbocycles. The Morgan fingerprint density at radius 1 is 0.807 bits per heavy atom. The van der Waals surface area contributed by atoms with Gasteiger partial charge < -0.3 is 29.1 Å². The summed E-state index contributed by atoms with van der Waals surface area (Å²) < 4.78 is 34.2. The number of phosphoric acid groups is 1. The fraction of sp³-hybridized carbons (Fsp3) is 0.841. The monoisotopic (exact) mass is 831 g/mol. The molecule has 12 nitrogen and oxygen atoms in total. The maximum absolute atomic E-state index is 12.7. The molecule has 0 aliphatic heterocycles. The molecule has 0 radical (unpaired) electrons. The molecule has 0 spiro atoms. The third kappa shape index (κ3) is 29.0. The first kappa shape index (κ1) is 53.1. The van der Waals surface area contributed by atoms with Crippen molar-refractivity contribution in [1.82, 2.24) is 0 Å². The van der Waals surface area contributed by atoms with Crippen LogP contribution in [0.25, 0.3) is 0 Å². The maximum atomic E-state index is 12.7. The number of quaternary nitrogens is 1. The molecule has 0 aromatic carbocycles. The first-order chi connectivity index (χ1) is 27.2. The van der Waals surface area contributed by atoms with Gasteiger partial charge in [-0.1, -0.05) is 115 Å². The first-order valence-electron chi connectivity index (χ1n) is 22.2. The number of ether oxygens (including phenoxy) is 2. The van der Waals surface area contributed by atoms with Crippen LogP contribution in [0.15, 0.2) is 24.3 Å². The Hall–Kier alpha value is -1.92. The Bertz CT molecular complexity index is 1190. The molecule has 1 aliphatic rings. The minimum Gasteiger partial charge on any atom is -0.462 e. The third-order valence-corrected chi connectivity index (χ3v) is 11.3. The average Bonchev–Trinajstić information content (AvgIpc) is 3.41. The lowest BCUT2D eigenvalue weighted by Gasteiger charge is -2.24. The quantitative estimate of drug-likeness (QED) is 0.0181. The first-order valence-corrected chi connectivity index (χ1v) is 23.7. The lowest BCUT2D eigenvalue weighted by Crippen LogP contribution is -2.37. The van der Waals surface area contributed by atoms with Crippen molar-refractivity contribution in [3.8, 4) is 0 Å². The highest BCUT2D eigenvalue weighted by Gasteiger charge is 2.39. The second-order valence-electron chi connectivity index (χ2n) is 16.9. The van der Waals surface area contributed by atoms with Gasteiger partial charge in [-0.15, -0.1) is 0 Å². The van der Waals surface area contributed by atoms with Crippen LogP contribution < -0.4 is 0 Å². The molecule has 3 N–H and O–H groups in total. The maximum Gasteiger partial charge on any atom is 0.472 e. The molecule has 0 saturated heterocycles. The summed E-state index contributed by atoms with van der Waals surface area (Å²) in [5.74, 6) is -1.48. The molecular formula is C44H81NO11P+. The van der Waals surface area contributed by atoms with Crippen LogP contribution in [0.4, 0.5) is 0 Å². The van der Waals surface area contributed by atoms with Crippen LogP contribution in [0, 0.1) is 11.8 Å². The van der Waals surface area contributed by atoms with Crippen molar-refractivity contribution in [1.29, 1.82) is 0 Å². The number of hydrogen-bond donors (Lipinski definition) is 3. The molecule has 1 aliphatic carbocycles. The van der Waals surface area contributed by atoms with E-state index in [2.05, 4.69) is 26.0 Å². The zero-order valence-electron chi connectivity index (χ0n) is 36.3. The smallest absolute Gasteiger partial charge is 0.462 e. The lowest BCUT2D eigenvalue weighted by molar-refractivity contribution is -0.870. The van der Waals surface area contributed by atoms with Gasteiger partial charge in [-0.3, -0.25) is 23.4 Å². The van der Waals surface area contributed by atoms with Crippen LogP contribution in [0.1, 0.15) is 162 Å². The summed E-state index contributed by atoms with van der Waals surface area (Å²) >= 11 is 0. The van der Waals surface area contributed by atoms with Gasteiger partial charge in [0.1, 0.15) is 25.5 Å². The number of carbonyl (C=O) groups is 3.